The minimum Gasteiger partial charge on any atom is -0.493 e. The van der Waals surface area contributed by atoms with E-state index in [-0.39, 0.29) is 23.3 Å². The molecule has 0 bridgehead atoms. The Hall–Kier alpha value is -2.58. The molecule has 0 aromatic heterocycles. The van der Waals surface area contributed by atoms with E-state index in [4.69, 9.17) is 9.47 Å². The summed E-state index contributed by atoms with van der Waals surface area (Å²) in [4.78, 5) is 11.5. The molecule has 142 valence electrons. The van der Waals surface area contributed by atoms with Gasteiger partial charge in [0.15, 0.2) is 6.61 Å². The molecule has 4 rings (SSSR count). The number of carbonyl (C=O) groups excluding carboxylic acids is 1. The van der Waals surface area contributed by atoms with Crippen LogP contribution in [0.25, 0.3) is 0 Å². The molecule has 7 nitrogen and oxygen atoms in total. The minimum absolute atomic E-state index is 0.0669. The number of ether oxygens (including phenoxy) is 2. The maximum Gasteiger partial charge on any atom is 0.262 e. The van der Waals surface area contributed by atoms with E-state index < -0.39 is 10.0 Å². The van der Waals surface area contributed by atoms with Crippen LogP contribution in [0.2, 0.25) is 0 Å². The molecule has 1 atom stereocenters. The van der Waals surface area contributed by atoms with Crippen molar-refractivity contribution < 1.29 is 22.7 Å². The van der Waals surface area contributed by atoms with Crippen molar-refractivity contribution in [2.45, 2.75) is 17.7 Å². The fourth-order valence-electron chi connectivity index (χ4n) is 3.28. The van der Waals surface area contributed by atoms with E-state index in [0.29, 0.717) is 24.6 Å². The predicted molar refractivity (Wildman–Crippen MR) is 99.5 cm³/mol. The Kier molecular flexibility index (Phi) is 4.75. The molecule has 0 unspecified atom stereocenters. The summed E-state index contributed by atoms with van der Waals surface area (Å²) < 4.78 is 39.0. The lowest BCUT2D eigenvalue weighted by molar-refractivity contribution is -0.118. The van der Waals surface area contributed by atoms with E-state index in [2.05, 4.69) is 10.0 Å². The van der Waals surface area contributed by atoms with Gasteiger partial charge in [-0.15, -0.1) is 0 Å². The lowest BCUT2D eigenvalue weighted by Gasteiger charge is -2.19. The third-order valence-corrected chi connectivity index (χ3v) is 6.14. The average Bonchev–Trinajstić information content (AvgIpc) is 2.88. The summed E-state index contributed by atoms with van der Waals surface area (Å²) in [6.07, 6.45) is 1.53. The smallest absolute Gasteiger partial charge is 0.262 e. The highest BCUT2D eigenvalue weighted by atomic mass is 32.2. The zero-order chi connectivity index (χ0) is 18.9. The van der Waals surface area contributed by atoms with Gasteiger partial charge in [0.25, 0.3) is 5.91 Å². The molecule has 1 amide bonds. The molecule has 2 N–H and O–H groups in total. The second-order valence-electron chi connectivity index (χ2n) is 6.66. The van der Waals surface area contributed by atoms with Crippen LogP contribution in [0.3, 0.4) is 0 Å². The van der Waals surface area contributed by atoms with Crippen LogP contribution in [-0.4, -0.2) is 34.1 Å². The van der Waals surface area contributed by atoms with Crippen molar-refractivity contribution in [2.75, 3.05) is 25.1 Å². The van der Waals surface area contributed by atoms with Crippen molar-refractivity contribution in [1.29, 1.82) is 0 Å². The molecular weight excluding hydrogens is 368 g/mol. The minimum atomic E-state index is -3.70. The van der Waals surface area contributed by atoms with Crippen molar-refractivity contribution >= 4 is 21.6 Å². The van der Waals surface area contributed by atoms with Gasteiger partial charge in [-0.25, -0.2) is 13.1 Å². The molecule has 0 fully saturated rings. The van der Waals surface area contributed by atoms with Gasteiger partial charge in [-0.2, -0.15) is 0 Å². The van der Waals surface area contributed by atoms with Gasteiger partial charge in [0.05, 0.1) is 17.2 Å². The van der Waals surface area contributed by atoms with Gasteiger partial charge in [-0.05, 0) is 48.6 Å². The second kappa shape index (κ2) is 7.21. The predicted octanol–water partition coefficient (Wildman–Crippen LogP) is 1.94. The van der Waals surface area contributed by atoms with Gasteiger partial charge in [-0.1, -0.05) is 18.2 Å². The molecule has 0 radical (unpaired) electrons. The number of carbonyl (C=O) groups is 1. The lowest BCUT2D eigenvalue weighted by Crippen LogP contribution is -2.31. The number of para-hydroxylation sites is 1. The molecule has 8 heteroatoms. The van der Waals surface area contributed by atoms with E-state index in [1.165, 1.54) is 12.1 Å². The Morgan fingerprint density at radius 2 is 1.96 bits per heavy atom. The normalized spacial score (nSPS) is 19.0. The van der Waals surface area contributed by atoms with Crippen LogP contribution in [0.1, 0.15) is 12.0 Å². The van der Waals surface area contributed by atoms with Crippen LogP contribution in [0.5, 0.6) is 11.5 Å². The Morgan fingerprint density at radius 1 is 1.11 bits per heavy atom. The summed E-state index contributed by atoms with van der Waals surface area (Å²) in [7, 11) is -3.70. The summed E-state index contributed by atoms with van der Waals surface area (Å²) in [5.41, 5.74) is 1.46. The molecule has 0 saturated carbocycles. The van der Waals surface area contributed by atoms with Gasteiger partial charge in [-0.3, -0.25) is 4.79 Å². The number of fused-ring (bicyclic) bond motifs is 2. The summed E-state index contributed by atoms with van der Waals surface area (Å²) in [5, 5.41) is 2.62. The molecule has 2 aliphatic heterocycles. The van der Waals surface area contributed by atoms with Crippen LogP contribution in [0.4, 0.5) is 5.69 Å². The highest BCUT2D eigenvalue weighted by Crippen LogP contribution is 2.30. The number of nitrogens with one attached hydrogen (secondary N) is 2. The third kappa shape index (κ3) is 3.91. The van der Waals surface area contributed by atoms with E-state index in [9.17, 15) is 13.2 Å². The van der Waals surface area contributed by atoms with Crippen LogP contribution >= 0.6 is 0 Å². The molecule has 2 heterocycles. The van der Waals surface area contributed by atoms with Crippen molar-refractivity contribution in [3.05, 3.63) is 48.0 Å². The monoisotopic (exact) mass is 388 g/mol. The fourth-order valence-corrected chi connectivity index (χ4v) is 4.42. The van der Waals surface area contributed by atoms with Gasteiger partial charge >= 0.3 is 0 Å². The number of anilines is 1. The van der Waals surface area contributed by atoms with Crippen LogP contribution in [0.15, 0.2) is 47.4 Å². The van der Waals surface area contributed by atoms with Crippen LogP contribution < -0.4 is 19.5 Å². The Balaban J connectivity index is 1.46. The maximum absolute atomic E-state index is 12.7. The van der Waals surface area contributed by atoms with Crippen molar-refractivity contribution in [2.24, 2.45) is 5.92 Å². The highest BCUT2D eigenvalue weighted by Gasteiger charge is 2.23. The van der Waals surface area contributed by atoms with E-state index >= 15 is 0 Å². The average molecular weight is 388 g/mol. The first kappa shape index (κ1) is 17.8. The fraction of sp³-hybridized carbons (Fsp3) is 0.316. The quantitative estimate of drug-likeness (QED) is 0.835. The van der Waals surface area contributed by atoms with Gasteiger partial charge in [0, 0.05) is 6.54 Å². The van der Waals surface area contributed by atoms with E-state index in [1.54, 1.807) is 6.07 Å². The largest absolute Gasteiger partial charge is 0.493 e. The zero-order valence-electron chi connectivity index (χ0n) is 14.6. The van der Waals surface area contributed by atoms with Gasteiger partial charge in [0.1, 0.15) is 11.5 Å². The summed E-state index contributed by atoms with van der Waals surface area (Å²) in [6, 6.07) is 12.3. The number of sulfonamides is 1. The summed E-state index contributed by atoms with van der Waals surface area (Å²) in [5.74, 6) is 1.17. The molecule has 0 aliphatic carbocycles. The Labute approximate surface area is 157 Å². The molecule has 27 heavy (non-hydrogen) atoms. The van der Waals surface area contributed by atoms with Crippen LogP contribution in [0, 0.1) is 5.92 Å². The number of amides is 1. The van der Waals surface area contributed by atoms with E-state index in [1.807, 2.05) is 24.3 Å². The number of hydrogen-bond donors (Lipinski definition) is 2. The summed E-state index contributed by atoms with van der Waals surface area (Å²) in [6.45, 7) is 0.814. The number of rotatable bonds is 4. The molecule has 0 spiro atoms. The standard InChI is InChI=1S/C19H20N2O5S/c22-19-12-26-18-6-5-15(10-16(18)21-19)27(23,24)20-11-13-7-8-25-17-4-2-1-3-14(17)9-13/h1-6,10,13,20H,7-9,11-12H2,(H,21,22)/t13-/m0/s1. The van der Waals surface area contributed by atoms with Gasteiger partial charge in [0.2, 0.25) is 10.0 Å². The van der Waals surface area contributed by atoms with Crippen LogP contribution in [-0.2, 0) is 21.2 Å². The number of hydrogen-bond acceptors (Lipinski definition) is 5. The molecule has 2 aromatic rings. The van der Waals surface area contributed by atoms with Gasteiger partial charge < -0.3 is 14.8 Å². The first-order valence-electron chi connectivity index (χ1n) is 8.78. The first-order chi connectivity index (χ1) is 13.0. The maximum atomic E-state index is 12.7. The first-order valence-corrected chi connectivity index (χ1v) is 10.3. The molecule has 0 saturated heterocycles. The molecular formula is C19H20N2O5S. The number of benzene rings is 2. The lowest BCUT2D eigenvalue weighted by atomic mass is 9.97. The van der Waals surface area contributed by atoms with Crippen molar-refractivity contribution in [3.63, 3.8) is 0 Å². The highest BCUT2D eigenvalue weighted by molar-refractivity contribution is 7.89. The topological polar surface area (TPSA) is 93.7 Å². The van der Waals surface area contributed by atoms with Crippen molar-refractivity contribution in [1.82, 2.24) is 4.72 Å². The Bertz CT molecular complexity index is 974. The summed E-state index contributed by atoms with van der Waals surface area (Å²) >= 11 is 0. The Morgan fingerprint density at radius 3 is 2.85 bits per heavy atom. The molecule has 2 aromatic carbocycles. The van der Waals surface area contributed by atoms with E-state index in [0.717, 1.165) is 24.2 Å². The van der Waals surface area contributed by atoms with Crippen molar-refractivity contribution in [3.8, 4) is 11.5 Å². The second-order valence-corrected chi connectivity index (χ2v) is 8.43. The molecule has 2 aliphatic rings. The zero-order valence-corrected chi connectivity index (χ0v) is 15.4. The SMILES string of the molecule is O=C1COc2ccc(S(=O)(=O)NC[C@H]3CCOc4ccccc4C3)cc2N1. The third-order valence-electron chi connectivity index (χ3n) is 4.72.